The van der Waals surface area contributed by atoms with Crippen molar-refractivity contribution in [3.05, 3.63) is 236 Å². The first kappa shape index (κ1) is 36.0. The normalized spacial score (nSPS) is 12.8. The van der Waals surface area contributed by atoms with Gasteiger partial charge in [-0.2, -0.15) is 0 Å². The SMILES string of the molecule is CC1(C)c2ccccc2-c2ccc(N(c3ccc(-c4ccccc4)cc3)c3ccc(-c4ccc(-n5ccc6ccc7c(c8ccccc8n7-c7ccccc7)c65)cc4)cc3)cc21. The zero-order chi connectivity index (χ0) is 41.4. The largest absolute Gasteiger partial charge is 0.316 e. The maximum absolute atomic E-state index is 2.41. The molecule has 2 aromatic heterocycles. The molecule has 2 heterocycles. The van der Waals surface area contributed by atoms with E-state index in [4.69, 9.17) is 0 Å². The van der Waals surface area contributed by atoms with Crippen LogP contribution in [0.1, 0.15) is 25.0 Å². The lowest BCUT2D eigenvalue weighted by Gasteiger charge is -2.28. The van der Waals surface area contributed by atoms with Crippen molar-refractivity contribution >= 4 is 49.8 Å². The van der Waals surface area contributed by atoms with Gasteiger partial charge in [-0.25, -0.2) is 0 Å². The van der Waals surface area contributed by atoms with Crippen molar-refractivity contribution in [1.29, 1.82) is 0 Å². The van der Waals surface area contributed by atoms with E-state index in [1.807, 2.05) is 0 Å². The Morgan fingerprint density at radius 1 is 0.403 bits per heavy atom. The fourth-order valence-electron chi connectivity index (χ4n) is 10.1. The third-order valence-corrected chi connectivity index (χ3v) is 13.2. The highest BCUT2D eigenvalue weighted by atomic mass is 15.1. The molecular formula is C59H43N3. The quantitative estimate of drug-likeness (QED) is 0.157. The fourth-order valence-corrected chi connectivity index (χ4v) is 10.1. The van der Waals surface area contributed by atoms with Gasteiger partial charge >= 0.3 is 0 Å². The maximum Gasteiger partial charge on any atom is 0.0628 e. The van der Waals surface area contributed by atoms with Gasteiger partial charge in [-0.05, 0) is 123 Å². The van der Waals surface area contributed by atoms with Gasteiger partial charge < -0.3 is 14.0 Å². The molecule has 12 rings (SSSR count). The molecule has 3 heteroatoms. The third kappa shape index (κ3) is 5.66. The zero-order valence-corrected chi connectivity index (χ0v) is 34.7. The van der Waals surface area contributed by atoms with E-state index in [1.54, 1.807) is 0 Å². The molecule has 11 aromatic rings. The van der Waals surface area contributed by atoms with Gasteiger partial charge in [0.1, 0.15) is 0 Å². The predicted octanol–water partition coefficient (Wildman–Crippen LogP) is 15.8. The van der Waals surface area contributed by atoms with Crippen molar-refractivity contribution < 1.29 is 0 Å². The Hall–Kier alpha value is -7.88. The van der Waals surface area contributed by atoms with E-state index in [9.17, 15) is 0 Å². The topological polar surface area (TPSA) is 13.1 Å². The molecule has 1 aliphatic rings. The number of anilines is 3. The van der Waals surface area contributed by atoms with Gasteiger partial charge in [0, 0.05) is 56.2 Å². The Morgan fingerprint density at radius 2 is 0.968 bits per heavy atom. The van der Waals surface area contributed by atoms with Crippen molar-refractivity contribution in [1.82, 2.24) is 9.13 Å². The summed E-state index contributed by atoms with van der Waals surface area (Å²) in [5.41, 5.74) is 19.4. The monoisotopic (exact) mass is 793 g/mol. The first-order chi connectivity index (χ1) is 30.5. The summed E-state index contributed by atoms with van der Waals surface area (Å²) in [6.07, 6.45) is 2.21. The molecule has 0 fully saturated rings. The Morgan fingerprint density at radius 3 is 1.68 bits per heavy atom. The van der Waals surface area contributed by atoms with Crippen molar-refractivity contribution in [3.63, 3.8) is 0 Å². The standard InChI is InChI=1S/C59H43N3/c1-59(2)53-19-11-9-17-50(53)51-35-34-49(39-54(51)59)61(47-30-23-41(24-31-47)40-13-5-3-6-14-40)48-32-25-43(26-33-48)42-21-28-45(29-22-42)60-38-37-44-27-36-56-57(58(44)60)52-18-10-12-20-55(52)62(56)46-15-7-4-8-16-46/h3-39H,1-2H3. The smallest absolute Gasteiger partial charge is 0.0628 e. The van der Waals surface area contributed by atoms with Crippen LogP contribution in [0.2, 0.25) is 0 Å². The summed E-state index contributed by atoms with van der Waals surface area (Å²) in [5.74, 6) is 0. The Labute approximate surface area is 362 Å². The molecule has 0 saturated heterocycles. The molecule has 294 valence electrons. The van der Waals surface area contributed by atoms with Crippen LogP contribution in [-0.2, 0) is 5.41 Å². The molecule has 3 nitrogen and oxygen atoms in total. The molecule has 0 radical (unpaired) electrons. The van der Waals surface area contributed by atoms with Crippen molar-refractivity contribution in [2.75, 3.05) is 4.90 Å². The van der Waals surface area contributed by atoms with Crippen LogP contribution in [0.5, 0.6) is 0 Å². The molecule has 0 aliphatic heterocycles. The second-order valence-corrected chi connectivity index (χ2v) is 17.0. The molecule has 62 heavy (non-hydrogen) atoms. The maximum atomic E-state index is 2.41. The van der Waals surface area contributed by atoms with E-state index in [-0.39, 0.29) is 5.41 Å². The minimum absolute atomic E-state index is 0.0964. The molecule has 0 saturated carbocycles. The summed E-state index contributed by atoms with van der Waals surface area (Å²) < 4.78 is 4.74. The number of fused-ring (bicyclic) bond motifs is 8. The molecule has 0 spiro atoms. The van der Waals surface area contributed by atoms with Gasteiger partial charge in [0.2, 0.25) is 0 Å². The van der Waals surface area contributed by atoms with Crippen LogP contribution in [0.3, 0.4) is 0 Å². The zero-order valence-electron chi connectivity index (χ0n) is 34.7. The van der Waals surface area contributed by atoms with Crippen LogP contribution >= 0.6 is 0 Å². The Balaban J connectivity index is 0.911. The van der Waals surface area contributed by atoms with Crippen LogP contribution in [-0.4, -0.2) is 9.13 Å². The van der Waals surface area contributed by atoms with Crippen molar-refractivity contribution in [3.8, 4) is 44.8 Å². The van der Waals surface area contributed by atoms with E-state index >= 15 is 0 Å². The second kappa shape index (κ2) is 14.1. The Kier molecular flexibility index (Phi) is 8.20. The van der Waals surface area contributed by atoms with Crippen LogP contribution < -0.4 is 4.90 Å². The summed E-state index contributed by atoms with van der Waals surface area (Å²) in [6.45, 7) is 4.70. The van der Waals surface area contributed by atoms with E-state index in [1.165, 1.54) is 77.2 Å². The number of hydrogen-bond donors (Lipinski definition) is 0. The van der Waals surface area contributed by atoms with Gasteiger partial charge in [-0.3, -0.25) is 0 Å². The number of benzene rings is 9. The second-order valence-electron chi connectivity index (χ2n) is 17.0. The van der Waals surface area contributed by atoms with Gasteiger partial charge in [0.15, 0.2) is 0 Å². The van der Waals surface area contributed by atoms with Crippen LogP contribution in [0.4, 0.5) is 17.1 Å². The molecule has 0 unspecified atom stereocenters. The summed E-state index contributed by atoms with van der Waals surface area (Å²) in [4.78, 5) is 2.40. The first-order valence-electron chi connectivity index (χ1n) is 21.5. The van der Waals surface area contributed by atoms with Crippen molar-refractivity contribution in [2.45, 2.75) is 19.3 Å². The number of hydrogen-bond acceptors (Lipinski definition) is 1. The number of nitrogens with zero attached hydrogens (tertiary/aromatic N) is 3. The highest BCUT2D eigenvalue weighted by Gasteiger charge is 2.35. The molecule has 9 aromatic carbocycles. The van der Waals surface area contributed by atoms with Gasteiger partial charge in [-0.1, -0.05) is 153 Å². The number of rotatable bonds is 7. The van der Waals surface area contributed by atoms with Gasteiger partial charge in [0.05, 0.1) is 16.6 Å². The summed E-state index contributed by atoms with van der Waals surface area (Å²) in [5, 5.41) is 3.75. The minimum Gasteiger partial charge on any atom is -0.316 e. The number of aromatic nitrogens is 2. The van der Waals surface area contributed by atoms with E-state index in [0.29, 0.717) is 0 Å². The minimum atomic E-state index is -0.0964. The highest BCUT2D eigenvalue weighted by molar-refractivity contribution is 6.20. The van der Waals surface area contributed by atoms with E-state index in [0.717, 1.165) is 28.4 Å². The average molecular weight is 794 g/mol. The summed E-state index contributed by atoms with van der Waals surface area (Å²) in [7, 11) is 0. The van der Waals surface area contributed by atoms with Crippen LogP contribution in [0.15, 0.2) is 225 Å². The molecule has 0 bridgehead atoms. The highest BCUT2D eigenvalue weighted by Crippen LogP contribution is 2.51. The summed E-state index contributed by atoms with van der Waals surface area (Å²) in [6, 6.07) is 79.7. The molecular weight excluding hydrogens is 751 g/mol. The number of para-hydroxylation sites is 2. The predicted molar refractivity (Wildman–Crippen MR) is 261 cm³/mol. The summed E-state index contributed by atoms with van der Waals surface area (Å²) >= 11 is 0. The Bertz CT molecular complexity index is 3450. The molecule has 0 amide bonds. The third-order valence-electron chi connectivity index (χ3n) is 13.2. The van der Waals surface area contributed by atoms with E-state index < -0.39 is 0 Å². The van der Waals surface area contributed by atoms with Gasteiger partial charge in [-0.15, -0.1) is 0 Å². The molecule has 1 aliphatic carbocycles. The van der Waals surface area contributed by atoms with Crippen molar-refractivity contribution in [2.24, 2.45) is 0 Å². The molecule has 0 atom stereocenters. The molecule has 0 N–H and O–H groups in total. The van der Waals surface area contributed by atoms with E-state index in [2.05, 4.69) is 252 Å². The lowest BCUT2D eigenvalue weighted by molar-refractivity contribution is 0.660. The average Bonchev–Trinajstić information content (AvgIpc) is 3.98. The lowest BCUT2D eigenvalue weighted by Crippen LogP contribution is -2.16. The fraction of sp³-hybridized carbons (Fsp3) is 0.0508. The van der Waals surface area contributed by atoms with Crippen LogP contribution in [0, 0.1) is 0 Å². The van der Waals surface area contributed by atoms with Crippen LogP contribution in [0.25, 0.3) is 77.5 Å². The van der Waals surface area contributed by atoms with Gasteiger partial charge in [0.25, 0.3) is 0 Å². The first-order valence-corrected chi connectivity index (χ1v) is 21.5. The lowest BCUT2D eigenvalue weighted by atomic mass is 9.82.